The van der Waals surface area contributed by atoms with Crippen LogP contribution in [0.25, 0.3) is 11.0 Å². The summed E-state index contributed by atoms with van der Waals surface area (Å²) in [5.74, 6) is 0.714. The minimum atomic E-state index is -1.13. The number of ketones is 1. The fourth-order valence-electron chi connectivity index (χ4n) is 5.93. The first-order valence-corrected chi connectivity index (χ1v) is 13.8. The van der Waals surface area contributed by atoms with Gasteiger partial charge in [0.15, 0.2) is 0 Å². The number of imidazole rings is 1. The summed E-state index contributed by atoms with van der Waals surface area (Å²) in [5, 5.41) is 11.0. The maximum atomic E-state index is 13.4. The maximum Gasteiger partial charge on any atom is 0.309 e. The molecule has 204 valence electrons. The van der Waals surface area contributed by atoms with Crippen molar-refractivity contribution >= 4 is 22.8 Å². The van der Waals surface area contributed by atoms with Crippen LogP contribution in [0.5, 0.6) is 0 Å². The van der Waals surface area contributed by atoms with Gasteiger partial charge in [0.25, 0.3) is 0 Å². The van der Waals surface area contributed by atoms with Gasteiger partial charge in [-0.3, -0.25) is 9.59 Å². The van der Waals surface area contributed by atoms with E-state index in [1.54, 1.807) is 13.8 Å². The first-order chi connectivity index (χ1) is 17.2. The second kappa shape index (κ2) is 10.1. The molecule has 7 heteroatoms. The van der Waals surface area contributed by atoms with Crippen LogP contribution in [0.4, 0.5) is 0 Å². The van der Waals surface area contributed by atoms with E-state index in [0.717, 1.165) is 41.7 Å². The van der Waals surface area contributed by atoms with E-state index < -0.39 is 23.6 Å². The van der Waals surface area contributed by atoms with Crippen molar-refractivity contribution in [1.29, 1.82) is 0 Å². The van der Waals surface area contributed by atoms with Crippen LogP contribution in [-0.2, 0) is 26.1 Å². The lowest BCUT2D eigenvalue weighted by atomic mass is 9.70. The number of nitrogens with zero attached hydrogens (tertiary/aromatic N) is 2. The lowest BCUT2D eigenvalue weighted by Crippen LogP contribution is -2.43. The number of aryl methyl sites for hydroxylation is 2. The van der Waals surface area contributed by atoms with Gasteiger partial charge in [0.2, 0.25) is 0 Å². The van der Waals surface area contributed by atoms with Gasteiger partial charge in [-0.15, -0.1) is 0 Å². The summed E-state index contributed by atoms with van der Waals surface area (Å²) in [6.07, 6.45) is 1.60. The zero-order valence-corrected chi connectivity index (χ0v) is 23.7. The third-order valence-electron chi connectivity index (χ3n) is 9.50. The lowest BCUT2D eigenvalue weighted by Gasteiger charge is -2.35. The molecule has 2 aromatic rings. The normalized spacial score (nSPS) is 35.7. The molecule has 1 aromatic heterocycles. The Balaban J connectivity index is 1.63. The van der Waals surface area contributed by atoms with Crippen molar-refractivity contribution < 1.29 is 24.2 Å². The molecule has 0 bridgehead atoms. The quantitative estimate of drug-likeness (QED) is 0.403. The standard InChI is InChI=1S/C30H44N2O5/c1-17-10-9-13-30(7)26(37-30)15-24(21-11-12-23-22(14-21)31-20(4)32(23)8)36-27(34)16-25(33)29(5,6)28(35)19(3)18(17)2/h11-12,14,17-19,24-26,33H,9-10,13,15-16H2,1-8H3/t17-,18-,19+,24-,25-,26-,30+/m0/s1. The molecule has 2 fully saturated rings. The number of aliphatic hydroxyl groups is 1. The molecule has 3 heterocycles. The van der Waals surface area contributed by atoms with Gasteiger partial charge in [0, 0.05) is 19.4 Å². The molecule has 4 rings (SSSR count). The van der Waals surface area contributed by atoms with Crippen molar-refractivity contribution in [2.45, 2.75) is 104 Å². The molecule has 0 aliphatic carbocycles. The van der Waals surface area contributed by atoms with Crippen LogP contribution in [0.2, 0.25) is 0 Å². The van der Waals surface area contributed by atoms with Crippen molar-refractivity contribution in [1.82, 2.24) is 9.55 Å². The number of fused-ring (bicyclic) bond motifs is 2. The Morgan fingerprint density at radius 2 is 1.84 bits per heavy atom. The summed E-state index contributed by atoms with van der Waals surface area (Å²) in [7, 11) is 1.98. The Labute approximate surface area is 220 Å². The van der Waals surface area contributed by atoms with Gasteiger partial charge in [-0.2, -0.15) is 0 Å². The van der Waals surface area contributed by atoms with E-state index in [2.05, 4.69) is 25.8 Å². The third kappa shape index (κ3) is 5.49. The minimum Gasteiger partial charge on any atom is -0.457 e. The Morgan fingerprint density at radius 1 is 1.14 bits per heavy atom. The molecule has 2 aliphatic rings. The van der Waals surface area contributed by atoms with Crippen LogP contribution in [0.1, 0.15) is 91.1 Å². The summed E-state index contributed by atoms with van der Waals surface area (Å²) in [4.78, 5) is 31.2. The molecular formula is C30H44N2O5. The van der Waals surface area contributed by atoms with Gasteiger partial charge in [-0.1, -0.05) is 53.5 Å². The molecule has 0 amide bonds. The van der Waals surface area contributed by atoms with Crippen LogP contribution in [-0.4, -0.2) is 44.2 Å². The SMILES string of the molecule is Cc1nc2cc([C@@H]3C[C@@H]4O[C@]4(C)CCC[C@H](C)[C@H](C)[C@@H](C)C(=O)C(C)(C)[C@@H](O)CC(=O)O3)ccc2n1C. The number of benzene rings is 1. The van der Waals surface area contributed by atoms with Crippen molar-refractivity contribution in [3.8, 4) is 0 Å². The van der Waals surface area contributed by atoms with Crippen LogP contribution < -0.4 is 0 Å². The Morgan fingerprint density at radius 3 is 2.54 bits per heavy atom. The average Bonchev–Trinajstić information content (AvgIpc) is 3.38. The number of epoxide rings is 1. The van der Waals surface area contributed by atoms with Gasteiger partial charge >= 0.3 is 5.97 Å². The first-order valence-electron chi connectivity index (χ1n) is 13.8. The Hall–Kier alpha value is -2.25. The second-order valence-corrected chi connectivity index (χ2v) is 12.4. The largest absolute Gasteiger partial charge is 0.457 e. The van der Waals surface area contributed by atoms with Gasteiger partial charge in [0.1, 0.15) is 17.7 Å². The molecule has 0 spiro atoms. The summed E-state index contributed by atoms with van der Waals surface area (Å²) in [6.45, 7) is 13.9. The van der Waals surface area contributed by atoms with Crippen LogP contribution in [0, 0.1) is 30.1 Å². The van der Waals surface area contributed by atoms with Crippen molar-refractivity contribution in [3.05, 3.63) is 29.6 Å². The van der Waals surface area contributed by atoms with Crippen LogP contribution >= 0.6 is 0 Å². The number of ether oxygens (including phenoxy) is 2. The number of hydrogen-bond acceptors (Lipinski definition) is 6. The van der Waals surface area contributed by atoms with Crippen molar-refractivity contribution in [3.63, 3.8) is 0 Å². The number of esters is 1. The number of carbonyl (C=O) groups is 2. The molecule has 0 unspecified atom stereocenters. The number of carbonyl (C=O) groups excluding carboxylic acids is 2. The maximum absolute atomic E-state index is 13.4. The number of Topliss-reactive ketones (excluding diaryl/α,β-unsaturated/α-hetero) is 1. The minimum absolute atomic E-state index is 0.00559. The van der Waals surface area contributed by atoms with E-state index in [-0.39, 0.29) is 35.7 Å². The highest BCUT2D eigenvalue weighted by Crippen LogP contribution is 2.47. The van der Waals surface area contributed by atoms with E-state index >= 15 is 0 Å². The molecular weight excluding hydrogens is 468 g/mol. The molecule has 2 aliphatic heterocycles. The molecule has 0 radical (unpaired) electrons. The van der Waals surface area contributed by atoms with E-state index in [4.69, 9.17) is 9.47 Å². The van der Waals surface area contributed by atoms with E-state index in [1.165, 1.54) is 0 Å². The fraction of sp³-hybridized carbons (Fsp3) is 0.700. The highest BCUT2D eigenvalue weighted by Gasteiger charge is 2.53. The molecule has 1 aromatic carbocycles. The van der Waals surface area contributed by atoms with Gasteiger partial charge in [-0.05, 0) is 49.8 Å². The number of rotatable bonds is 1. The van der Waals surface area contributed by atoms with Crippen molar-refractivity contribution in [2.75, 3.05) is 0 Å². The zero-order chi connectivity index (χ0) is 27.3. The second-order valence-electron chi connectivity index (χ2n) is 12.4. The predicted molar refractivity (Wildman–Crippen MR) is 143 cm³/mol. The smallest absolute Gasteiger partial charge is 0.309 e. The highest BCUT2D eigenvalue weighted by molar-refractivity contribution is 5.87. The highest BCUT2D eigenvalue weighted by atomic mass is 16.6. The fourth-order valence-corrected chi connectivity index (χ4v) is 5.93. The van der Waals surface area contributed by atoms with Gasteiger partial charge in [0.05, 0.1) is 40.7 Å². The molecule has 1 N–H and O–H groups in total. The van der Waals surface area contributed by atoms with Gasteiger partial charge < -0.3 is 19.1 Å². The molecule has 7 atom stereocenters. The zero-order valence-electron chi connectivity index (χ0n) is 23.7. The third-order valence-corrected chi connectivity index (χ3v) is 9.50. The lowest BCUT2D eigenvalue weighted by molar-refractivity contribution is -0.156. The number of cyclic esters (lactones) is 1. The van der Waals surface area contributed by atoms with Crippen molar-refractivity contribution in [2.24, 2.45) is 30.2 Å². The topological polar surface area (TPSA) is 93.9 Å². The van der Waals surface area contributed by atoms with E-state index in [0.29, 0.717) is 12.3 Å². The van der Waals surface area contributed by atoms with Crippen LogP contribution in [0.3, 0.4) is 0 Å². The molecule has 7 nitrogen and oxygen atoms in total. The summed E-state index contributed by atoms with van der Waals surface area (Å²) >= 11 is 0. The van der Waals surface area contributed by atoms with Crippen LogP contribution in [0.15, 0.2) is 18.2 Å². The number of aromatic nitrogens is 2. The van der Waals surface area contributed by atoms with E-state index in [1.807, 2.05) is 43.7 Å². The van der Waals surface area contributed by atoms with E-state index in [9.17, 15) is 14.7 Å². The summed E-state index contributed by atoms with van der Waals surface area (Å²) < 4.78 is 14.2. The molecule has 37 heavy (non-hydrogen) atoms. The number of aliphatic hydroxyl groups excluding tert-OH is 1. The Bertz CT molecular complexity index is 1170. The summed E-state index contributed by atoms with van der Waals surface area (Å²) in [5.41, 5.74) is 1.44. The predicted octanol–water partition coefficient (Wildman–Crippen LogP) is 5.45. The average molecular weight is 513 g/mol. The summed E-state index contributed by atoms with van der Waals surface area (Å²) in [6, 6.07) is 5.96. The van der Waals surface area contributed by atoms with Gasteiger partial charge in [-0.25, -0.2) is 4.98 Å². The Kier molecular flexibility index (Phi) is 7.61. The molecule has 2 saturated heterocycles. The monoisotopic (exact) mass is 512 g/mol. The number of hydrogen-bond donors (Lipinski definition) is 1. The first kappa shape index (κ1) is 27.8. The molecule has 0 saturated carbocycles.